The highest BCUT2D eigenvalue weighted by atomic mass is 79.9. The summed E-state index contributed by atoms with van der Waals surface area (Å²) in [6.45, 7) is 1.40. The molecular weight excluding hydrogens is 248 g/mol. The van der Waals surface area contributed by atoms with Crippen LogP contribution in [0, 0.1) is 0 Å². The van der Waals surface area contributed by atoms with E-state index in [4.69, 9.17) is 9.84 Å². The van der Waals surface area contributed by atoms with Crippen LogP contribution < -0.4 is 4.74 Å². The summed E-state index contributed by atoms with van der Waals surface area (Å²) < 4.78 is 6.10. The molecule has 0 fully saturated rings. The van der Waals surface area contributed by atoms with Gasteiger partial charge in [0.05, 0.1) is 4.47 Å². The summed E-state index contributed by atoms with van der Waals surface area (Å²) in [5.74, 6) is -0.774. The van der Waals surface area contributed by atoms with Crippen LogP contribution in [0.2, 0.25) is 0 Å². The van der Waals surface area contributed by atoms with Crippen molar-refractivity contribution in [1.82, 2.24) is 0 Å². The number of halogens is 1. The van der Waals surface area contributed by atoms with E-state index in [1.165, 1.54) is 6.92 Å². The van der Waals surface area contributed by atoms with Gasteiger partial charge in [0.15, 0.2) is 0 Å². The number of hydrogen-bond donors (Lipinski definition) is 2. The Balaban J connectivity index is 2.73. The quantitative estimate of drug-likeness (QED) is 0.814. The van der Waals surface area contributed by atoms with Gasteiger partial charge in [-0.05, 0) is 28.1 Å². The van der Waals surface area contributed by atoms with E-state index in [2.05, 4.69) is 15.9 Å². The van der Waals surface area contributed by atoms with Crippen LogP contribution in [-0.4, -0.2) is 22.6 Å². The minimum absolute atomic E-state index is 0.114. The monoisotopic (exact) mass is 260 g/mol. The summed E-state index contributed by atoms with van der Waals surface area (Å²) in [4.78, 5) is 0. The molecule has 0 aromatic heterocycles. The fourth-order valence-corrected chi connectivity index (χ4v) is 1.39. The van der Waals surface area contributed by atoms with Gasteiger partial charge in [0.1, 0.15) is 5.75 Å². The van der Waals surface area contributed by atoms with Gasteiger partial charge in [-0.25, -0.2) is 0 Å². The second kappa shape index (κ2) is 4.77. The van der Waals surface area contributed by atoms with Gasteiger partial charge in [0.2, 0.25) is 5.79 Å². The molecule has 4 heteroatoms. The molecule has 1 aromatic rings. The van der Waals surface area contributed by atoms with Gasteiger partial charge < -0.3 is 14.9 Å². The third kappa shape index (κ3) is 3.29. The van der Waals surface area contributed by atoms with Crippen LogP contribution in [0.3, 0.4) is 0 Å². The lowest BCUT2D eigenvalue weighted by Gasteiger charge is -2.24. The number of aliphatic hydroxyl groups excluding tert-OH is 1. The fourth-order valence-electron chi connectivity index (χ4n) is 1.02. The number of aliphatic hydroxyl groups is 2. The molecule has 0 radical (unpaired) electrons. The lowest BCUT2D eigenvalue weighted by Crippen LogP contribution is -2.33. The predicted octanol–water partition coefficient (Wildman–Crippen LogP) is 1.92. The topological polar surface area (TPSA) is 49.7 Å². The Morgan fingerprint density at radius 2 is 2.07 bits per heavy atom. The van der Waals surface area contributed by atoms with Gasteiger partial charge in [-0.1, -0.05) is 12.1 Å². The van der Waals surface area contributed by atoms with Gasteiger partial charge in [0, 0.05) is 20.0 Å². The van der Waals surface area contributed by atoms with Crippen LogP contribution in [0.1, 0.15) is 13.3 Å². The van der Waals surface area contributed by atoms with Crippen molar-refractivity contribution in [2.75, 3.05) is 6.61 Å². The Hall–Kier alpha value is -0.580. The Labute approximate surface area is 91.5 Å². The Bertz CT molecular complexity index is 299. The van der Waals surface area contributed by atoms with Crippen molar-refractivity contribution in [1.29, 1.82) is 0 Å². The van der Waals surface area contributed by atoms with Crippen LogP contribution in [0.25, 0.3) is 0 Å². The van der Waals surface area contributed by atoms with Gasteiger partial charge in [-0.15, -0.1) is 0 Å². The Morgan fingerprint density at radius 1 is 1.43 bits per heavy atom. The average Bonchev–Trinajstić information content (AvgIpc) is 2.08. The number of ether oxygens (including phenoxy) is 1. The van der Waals surface area contributed by atoms with Gasteiger partial charge in [0.25, 0.3) is 0 Å². The minimum Gasteiger partial charge on any atom is -0.462 e. The molecule has 78 valence electrons. The number of benzene rings is 1. The van der Waals surface area contributed by atoms with Crippen molar-refractivity contribution < 1.29 is 14.9 Å². The molecule has 0 saturated heterocycles. The van der Waals surface area contributed by atoms with Crippen molar-refractivity contribution in [3.63, 3.8) is 0 Å². The molecule has 0 spiro atoms. The van der Waals surface area contributed by atoms with Gasteiger partial charge in [-0.2, -0.15) is 0 Å². The summed E-state index contributed by atoms with van der Waals surface area (Å²) in [6, 6.07) is 7.24. The van der Waals surface area contributed by atoms with Gasteiger partial charge in [-0.3, -0.25) is 0 Å². The maximum absolute atomic E-state index is 9.69. The fraction of sp³-hybridized carbons (Fsp3) is 0.400. The third-order valence-corrected chi connectivity index (χ3v) is 2.40. The van der Waals surface area contributed by atoms with Crippen LogP contribution in [0.4, 0.5) is 0 Å². The molecule has 0 saturated carbocycles. The molecule has 2 N–H and O–H groups in total. The second-order valence-electron chi connectivity index (χ2n) is 3.18. The van der Waals surface area contributed by atoms with E-state index in [-0.39, 0.29) is 13.0 Å². The summed E-state index contributed by atoms with van der Waals surface area (Å²) in [6.07, 6.45) is 0.175. The van der Waals surface area contributed by atoms with E-state index in [0.29, 0.717) is 5.75 Å². The van der Waals surface area contributed by atoms with Crippen molar-refractivity contribution in [3.8, 4) is 5.75 Å². The zero-order valence-electron chi connectivity index (χ0n) is 7.90. The molecule has 1 aromatic carbocycles. The summed E-state index contributed by atoms with van der Waals surface area (Å²) in [7, 11) is 0. The second-order valence-corrected chi connectivity index (χ2v) is 4.04. The highest BCUT2D eigenvalue weighted by Gasteiger charge is 2.22. The lowest BCUT2D eigenvalue weighted by molar-refractivity contribution is -0.133. The normalized spacial score (nSPS) is 14.9. The summed E-state index contributed by atoms with van der Waals surface area (Å²) in [5, 5.41) is 18.4. The molecule has 0 amide bonds. The third-order valence-electron chi connectivity index (χ3n) is 1.74. The zero-order valence-corrected chi connectivity index (χ0v) is 9.49. The van der Waals surface area contributed by atoms with Crippen molar-refractivity contribution in [2.24, 2.45) is 0 Å². The first kappa shape index (κ1) is 11.5. The molecule has 0 bridgehead atoms. The van der Waals surface area contributed by atoms with Crippen molar-refractivity contribution in [3.05, 3.63) is 28.7 Å². The number of para-hydroxylation sites is 1. The van der Waals surface area contributed by atoms with Crippen LogP contribution in [0.5, 0.6) is 5.75 Å². The van der Waals surface area contributed by atoms with Crippen LogP contribution in [0.15, 0.2) is 28.7 Å². The standard InChI is InChI=1S/C10H13BrO3/c1-10(13,6-7-12)14-9-5-3-2-4-8(9)11/h2-5,12-13H,6-7H2,1H3. The SMILES string of the molecule is CC(O)(CCO)Oc1ccccc1Br. The van der Waals surface area contributed by atoms with E-state index >= 15 is 0 Å². The zero-order chi connectivity index (χ0) is 10.6. The lowest BCUT2D eigenvalue weighted by atomic mass is 10.2. The molecule has 1 unspecified atom stereocenters. The minimum atomic E-state index is -1.33. The first-order valence-electron chi connectivity index (χ1n) is 4.32. The Kier molecular flexibility index (Phi) is 3.92. The molecule has 0 heterocycles. The maximum Gasteiger partial charge on any atom is 0.207 e. The molecule has 1 atom stereocenters. The van der Waals surface area contributed by atoms with E-state index in [0.717, 1.165) is 4.47 Å². The predicted molar refractivity (Wildman–Crippen MR) is 57.1 cm³/mol. The summed E-state index contributed by atoms with van der Waals surface area (Å²) >= 11 is 3.30. The Morgan fingerprint density at radius 3 is 2.64 bits per heavy atom. The first-order chi connectivity index (χ1) is 6.55. The number of hydrogen-bond acceptors (Lipinski definition) is 3. The molecular formula is C10H13BrO3. The van der Waals surface area contributed by atoms with Gasteiger partial charge >= 0.3 is 0 Å². The van der Waals surface area contributed by atoms with Crippen LogP contribution in [-0.2, 0) is 0 Å². The number of rotatable bonds is 4. The molecule has 0 aliphatic rings. The van der Waals surface area contributed by atoms with E-state index in [9.17, 15) is 5.11 Å². The van der Waals surface area contributed by atoms with Crippen LogP contribution >= 0.6 is 15.9 Å². The van der Waals surface area contributed by atoms with Crippen molar-refractivity contribution >= 4 is 15.9 Å². The largest absolute Gasteiger partial charge is 0.462 e. The first-order valence-corrected chi connectivity index (χ1v) is 5.11. The highest BCUT2D eigenvalue weighted by Crippen LogP contribution is 2.27. The smallest absolute Gasteiger partial charge is 0.207 e. The highest BCUT2D eigenvalue weighted by molar-refractivity contribution is 9.10. The molecule has 1 rings (SSSR count). The van der Waals surface area contributed by atoms with E-state index in [1.54, 1.807) is 6.07 Å². The van der Waals surface area contributed by atoms with E-state index in [1.807, 2.05) is 18.2 Å². The molecule has 14 heavy (non-hydrogen) atoms. The molecule has 0 aliphatic heterocycles. The average molecular weight is 261 g/mol. The summed E-state index contributed by atoms with van der Waals surface area (Å²) in [5.41, 5.74) is 0. The maximum atomic E-state index is 9.69. The molecule has 3 nitrogen and oxygen atoms in total. The molecule has 0 aliphatic carbocycles. The van der Waals surface area contributed by atoms with E-state index < -0.39 is 5.79 Å². The van der Waals surface area contributed by atoms with Crippen molar-refractivity contribution in [2.45, 2.75) is 19.1 Å².